The molecule has 6 nitrogen and oxygen atoms in total. The minimum absolute atomic E-state index is 0.116. The minimum atomic E-state index is -0.485. The van der Waals surface area contributed by atoms with E-state index in [0.717, 1.165) is 11.2 Å². The van der Waals surface area contributed by atoms with Gasteiger partial charge in [0.05, 0.1) is 16.6 Å². The van der Waals surface area contributed by atoms with Crippen molar-refractivity contribution in [3.8, 4) is 11.3 Å². The van der Waals surface area contributed by atoms with E-state index in [1.54, 1.807) is 17.0 Å². The summed E-state index contributed by atoms with van der Waals surface area (Å²) in [5.41, 5.74) is 2.95. The number of nitrogens with one attached hydrogen (secondary N) is 1. The van der Waals surface area contributed by atoms with Crippen LogP contribution in [-0.2, 0) is 9.59 Å². The molecule has 4 aromatic rings. The Morgan fingerprint density at radius 2 is 1.74 bits per heavy atom. The van der Waals surface area contributed by atoms with Crippen LogP contribution in [-0.4, -0.2) is 27.7 Å². The highest BCUT2D eigenvalue weighted by atomic mass is 35.5. The molecule has 0 saturated carbocycles. The number of hydrogen-bond acceptors (Lipinski definition) is 3. The Balaban J connectivity index is 1.45. The maximum atomic E-state index is 13.2. The summed E-state index contributed by atoms with van der Waals surface area (Å²) in [5, 5.41) is 3.52. The van der Waals surface area contributed by atoms with E-state index >= 15 is 0 Å². The van der Waals surface area contributed by atoms with Gasteiger partial charge in [-0.1, -0.05) is 60.1 Å². The molecule has 154 valence electrons. The van der Waals surface area contributed by atoms with Crippen molar-refractivity contribution >= 4 is 40.6 Å². The van der Waals surface area contributed by atoms with Crippen molar-refractivity contribution in [3.05, 3.63) is 84.0 Å². The molecule has 1 aliphatic rings. The highest BCUT2D eigenvalue weighted by Gasteiger charge is 2.36. The summed E-state index contributed by atoms with van der Waals surface area (Å²) in [6.07, 6.45) is 1.99. The van der Waals surface area contributed by atoms with Crippen molar-refractivity contribution in [2.75, 3.05) is 16.8 Å². The molecule has 2 aromatic heterocycles. The van der Waals surface area contributed by atoms with Crippen LogP contribution >= 0.6 is 11.6 Å². The molecule has 2 amide bonds. The normalized spacial score (nSPS) is 16.1. The second-order valence-corrected chi connectivity index (χ2v) is 7.86. The Morgan fingerprint density at radius 1 is 1.00 bits per heavy atom. The fourth-order valence-corrected chi connectivity index (χ4v) is 4.16. The first-order chi connectivity index (χ1) is 15.1. The Labute approximate surface area is 184 Å². The molecular formula is C24H19ClN4O2. The number of imidazole rings is 1. The molecule has 7 heteroatoms. The molecule has 5 rings (SSSR count). The van der Waals surface area contributed by atoms with Gasteiger partial charge in [-0.25, -0.2) is 4.98 Å². The van der Waals surface area contributed by atoms with Crippen LogP contribution in [0.4, 0.5) is 11.5 Å². The predicted octanol–water partition coefficient (Wildman–Crippen LogP) is 4.65. The lowest BCUT2D eigenvalue weighted by molar-refractivity contribution is -0.122. The van der Waals surface area contributed by atoms with Gasteiger partial charge in [0.25, 0.3) is 0 Å². The van der Waals surface area contributed by atoms with Crippen molar-refractivity contribution in [1.82, 2.24) is 9.38 Å². The lowest BCUT2D eigenvalue weighted by atomic mass is 10.1. The number of aromatic nitrogens is 2. The summed E-state index contributed by atoms with van der Waals surface area (Å²) < 4.78 is 1.85. The van der Waals surface area contributed by atoms with E-state index in [9.17, 15) is 9.59 Å². The molecule has 0 aliphatic carbocycles. The molecule has 2 aromatic carbocycles. The van der Waals surface area contributed by atoms with E-state index in [1.165, 1.54) is 0 Å². The number of benzene rings is 2. The fourth-order valence-electron chi connectivity index (χ4n) is 3.92. The van der Waals surface area contributed by atoms with Gasteiger partial charge >= 0.3 is 0 Å². The van der Waals surface area contributed by atoms with Crippen LogP contribution in [0.5, 0.6) is 0 Å². The molecule has 1 fully saturated rings. The van der Waals surface area contributed by atoms with Gasteiger partial charge in [0, 0.05) is 24.7 Å². The van der Waals surface area contributed by atoms with Gasteiger partial charge in [0.15, 0.2) is 0 Å². The highest BCUT2D eigenvalue weighted by molar-refractivity contribution is 6.34. The number of pyridine rings is 1. The molecule has 1 saturated heterocycles. The molecule has 1 atom stereocenters. The number of carbonyl (C=O) groups is 2. The standard InChI is InChI=1S/C24H19ClN4O2/c25-18-10-4-5-11-19(18)29-15-17(14-21(29)30)24(31)27-23-22(16-8-2-1-3-9-16)26-20-12-6-7-13-28(20)23/h1-13,17H,14-15H2,(H,27,31). The van der Waals surface area contributed by atoms with Crippen molar-refractivity contribution in [1.29, 1.82) is 0 Å². The molecule has 3 heterocycles. The van der Waals surface area contributed by atoms with Crippen LogP contribution in [0.25, 0.3) is 16.9 Å². The minimum Gasteiger partial charge on any atom is -0.310 e. The SMILES string of the molecule is O=C(Nc1c(-c2ccccc2)nc2ccccn12)C1CC(=O)N(c2ccccc2Cl)C1. The van der Waals surface area contributed by atoms with Gasteiger partial charge in [0.1, 0.15) is 17.2 Å². The van der Waals surface area contributed by atoms with E-state index in [2.05, 4.69) is 5.32 Å². The van der Waals surface area contributed by atoms with Crippen LogP contribution in [0.3, 0.4) is 0 Å². The lowest BCUT2D eigenvalue weighted by Gasteiger charge is -2.18. The van der Waals surface area contributed by atoms with Gasteiger partial charge in [-0.2, -0.15) is 0 Å². The predicted molar refractivity (Wildman–Crippen MR) is 121 cm³/mol. The molecule has 1 N–H and O–H groups in total. The highest BCUT2D eigenvalue weighted by Crippen LogP contribution is 2.33. The Hall–Kier alpha value is -3.64. The number of fused-ring (bicyclic) bond motifs is 1. The zero-order valence-corrected chi connectivity index (χ0v) is 17.3. The first kappa shape index (κ1) is 19.3. The number of halogens is 1. The van der Waals surface area contributed by atoms with Gasteiger partial charge < -0.3 is 10.2 Å². The molecule has 0 radical (unpaired) electrons. The largest absolute Gasteiger partial charge is 0.310 e. The summed E-state index contributed by atoms with van der Waals surface area (Å²) in [4.78, 5) is 32.1. The maximum Gasteiger partial charge on any atom is 0.230 e. The van der Waals surface area contributed by atoms with E-state index in [1.807, 2.05) is 71.3 Å². The number of rotatable bonds is 4. The molecule has 31 heavy (non-hydrogen) atoms. The zero-order chi connectivity index (χ0) is 21.4. The third-order valence-corrected chi connectivity index (χ3v) is 5.78. The van der Waals surface area contributed by atoms with Gasteiger partial charge in [-0.15, -0.1) is 0 Å². The monoisotopic (exact) mass is 430 g/mol. The van der Waals surface area contributed by atoms with Crippen LogP contribution < -0.4 is 10.2 Å². The van der Waals surface area contributed by atoms with Crippen molar-refractivity contribution in [3.63, 3.8) is 0 Å². The van der Waals surface area contributed by atoms with Gasteiger partial charge in [-0.05, 0) is 24.3 Å². The van der Waals surface area contributed by atoms with Crippen molar-refractivity contribution in [2.24, 2.45) is 5.92 Å². The number of hydrogen-bond donors (Lipinski definition) is 1. The number of amides is 2. The topological polar surface area (TPSA) is 66.7 Å². The summed E-state index contributed by atoms with van der Waals surface area (Å²) >= 11 is 6.26. The van der Waals surface area contributed by atoms with E-state index in [-0.39, 0.29) is 24.8 Å². The van der Waals surface area contributed by atoms with Crippen molar-refractivity contribution < 1.29 is 9.59 Å². The maximum absolute atomic E-state index is 13.2. The van der Waals surface area contributed by atoms with E-state index < -0.39 is 5.92 Å². The first-order valence-electron chi connectivity index (χ1n) is 10.00. The average Bonchev–Trinajstić information content (AvgIpc) is 3.36. The van der Waals surface area contributed by atoms with Gasteiger partial charge in [0.2, 0.25) is 11.8 Å². The van der Waals surface area contributed by atoms with Crippen LogP contribution in [0.15, 0.2) is 79.0 Å². The molecular weight excluding hydrogens is 412 g/mol. The molecule has 1 unspecified atom stereocenters. The molecule has 0 spiro atoms. The second-order valence-electron chi connectivity index (χ2n) is 7.45. The fraction of sp³-hybridized carbons (Fsp3) is 0.125. The molecule has 0 bridgehead atoms. The Morgan fingerprint density at radius 3 is 2.55 bits per heavy atom. The number of nitrogens with zero attached hydrogens (tertiary/aromatic N) is 3. The van der Waals surface area contributed by atoms with Crippen molar-refractivity contribution in [2.45, 2.75) is 6.42 Å². The lowest BCUT2D eigenvalue weighted by Crippen LogP contribution is -2.28. The second kappa shape index (κ2) is 7.89. The van der Waals surface area contributed by atoms with E-state index in [0.29, 0.717) is 22.2 Å². The van der Waals surface area contributed by atoms with E-state index in [4.69, 9.17) is 16.6 Å². The summed E-state index contributed by atoms with van der Waals surface area (Å²) in [6.45, 7) is 0.284. The Kier molecular flexibility index (Phi) is 4.92. The third-order valence-electron chi connectivity index (χ3n) is 5.46. The first-order valence-corrected chi connectivity index (χ1v) is 10.4. The van der Waals surface area contributed by atoms with Crippen LogP contribution in [0.1, 0.15) is 6.42 Å². The average molecular weight is 431 g/mol. The number of carbonyl (C=O) groups excluding carboxylic acids is 2. The third kappa shape index (κ3) is 3.55. The van der Waals surface area contributed by atoms with Gasteiger partial charge in [-0.3, -0.25) is 14.0 Å². The summed E-state index contributed by atoms with van der Waals surface area (Å²) in [6, 6.07) is 22.6. The van der Waals surface area contributed by atoms with Crippen LogP contribution in [0.2, 0.25) is 5.02 Å². The summed E-state index contributed by atoms with van der Waals surface area (Å²) in [7, 11) is 0. The van der Waals surface area contributed by atoms with Crippen LogP contribution in [0, 0.1) is 5.92 Å². The quantitative estimate of drug-likeness (QED) is 0.512. The summed E-state index contributed by atoms with van der Waals surface area (Å²) in [5.74, 6) is -0.225. The smallest absolute Gasteiger partial charge is 0.230 e. The Bertz CT molecular complexity index is 1290. The molecule has 1 aliphatic heterocycles. The zero-order valence-electron chi connectivity index (χ0n) is 16.5. The number of para-hydroxylation sites is 1. The number of anilines is 2.